The molecule has 1 aromatic rings. The average molecular weight is 320 g/mol. The molecule has 0 aliphatic rings. The molecule has 0 unspecified atom stereocenters. The Morgan fingerprint density at radius 2 is 1.96 bits per heavy atom. The highest BCUT2D eigenvalue weighted by Crippen LogP contribution is 2.16. The average Bonchev–Trinajstić information content (AvgIpc) is 2.44. The summed E-state index contributed by atoms with van der Waals surface area (Å²) >= 11 is 0. The molecular weight excluding hydrogens is 292 g/mol. The molecule has 0 radical (unpaired) electrons. The van der Waals surface area contributed by atoms with Crippen molar-refractivity contribution in [3.8, 4) is 0 Å². The molecule has 1 heterocycles. The molecule has 1 rings (SSSR count). The third kappa shape index (κ3) is 8.33. The third-order valence-electron chi connectivity index (χ3n) is 3.21. The number of nitrogens with one attached hydrogen (secondary N) is 1. The Balaban J connectivity index is 2.59. The first-order valence-corrected chi connectivity index (χ1v) is 8.27. The van der Waals surface area contributed by atoms with Gasteiger partial charge in [-0.3, -0.25) is 10.1 Å². The first kappa shape index (κ1) is 19.1. The summed E-state index contributed by atoms with van der Waals surface area (Å²) < 4.78 is 5.22. The lowest BCUT2D eigenvalue weighted by atomic mass is 10.0. The maximum absolute atomic E-state index is 12.1. The zero-order valence-corrected chi connectivity index (χ0v) is 14.6. The molecule has 0 saturated carbocycles. The lowest BCUT2D eigenvalue weighted by Gasteiger charge is -2.20. The number of Topliss-reactive ketones (excluding diaryl/α,β-unsaturated/α-hetero) is 1. The second kappa shape index (κ2) is 9.28. The molecule has 0 fully saturated rings. The van der Waals surface area contributed by atoms with Gasteiger partial charge < -0.3 is 4.74 Å². The van der Waals surface area contributed by atoms with Gasteiger partial charge in [-0.2, -0.15) is 0 Å². The van der Waals surface area contributed by atoms with Crippen LogP contribution in [-0.4, -0.2) is 22.5 Å². The van der Waals surface area contributed by atoms with Gasteiger partial charge in [0.2, 0.25) is 0 Å². The van der Waals surface area contributed by atoms with Gasteiger partial charge in [0, 0.05) is 24.6 Å². The summed E-state index contributed by atoms with van der Waals surface area (Å²) in [4.78, 5) is 28.1. The molecule has 0 spiro atoms. The Kier molecular flexibility index (Phi) is 7.72. The van der Waals surface area contributed by atoms with E-state index < -0.39 is 11.7 Å². The SMILES string of the molecule is CCCCCCC(=O)Cc1cccnc1NC(=O)OC(C)(C)C. The summed E-state index contributed by atoms with van der Waals surface area (Å²) in [6.45, 7) is 7.54. The monoisotopic (exact) mass is 320 g/mol. The molecule has 0 atom stereocenters. The summed E-state index contributed by atoms with van der Waals surface area (Å²) in [5.74, 6) is 0.560. The van der Waals surface area contributed by atoms with Gasteiger partial charge in [-0.1, -0.05) is 32.3 Å². The number of carbonyl (C=O) groups excluding carboxylic acids is 2. The van der Waals surface area contributed by atoms with Crippen molar-refractivity contribution in [1.29, 1.82) is 0 Å². The molecule has 0 aliphatic carbocycles. The number of carbonyl (C=O) groups is 2. The van der Waals surface area contributed by atoms with Gasteiger partial charge in [-0.05, 0) is 33.3 Å². The predicted octanol–water partition coefficient (Wildman–Crippen LogP) is 4.51. The molecule has 0 bridgehead atoms. The van der Waals surface area contributed by atoms with E-state index in [1.165, 1.54) is 0 Å². The number of hydrogen-bond donors (Lipinski definition) is 1. The van der Waals surface area contributed by atoms with Gasteiger partial charge >= 0.3 is 6.09 Å². The molecule has 128 valence electrons. The zero-order chi connectivity index (χ0) is 17.3. The highest BCUT2D eigenvalue weighted by atomic mass is 16.6. The Labute approximate surface area is 138 Å². The lowest BCUT2D eigenvalue weighted by molar-refractivity contribution is -0.118. The number of aromatic nitrogens is 1. The van der Waals surface area contributed by atoms with Crippen molar-refractivity contribution in [2.75, 3.05) is 5.32 Å². The fourth-order valence-electron chi connectivity index (χ4n) is 2.14. The number of rotatable bonds is 8. The van der Waals surface area contributed by atoms with Crippen molar-refractivity contribution in [1.82, 2.24) is 4.98 Å². The lowest BCUT2D eigenvalue weighted by Crippen LogP contribution is -2.28. The fraction of sp³-hybridized carbons (Fsp3) is 0.611. The molecule has 1 N–H and O–H groups in total. The summed E-state index contributed by atoms with van der Waals surface area (Å²) in [5.41, 5.74) is 0.146. The van der Waals surface area contributed by atoms with E-state index in [9.17, 15) is 9.59 Å². The van der Waals surface area contributed by atoms with Gasteiger partial charge in [0.15, 0.2) is 0 Å². The number of amides is 1. The van der Waals surface area contributed by atoms with Crippen LogP contribution < -0.4 is 5.32 Å². The third-order valence-corrected chi connectivity index (χ3v) is 3.21. The van der Waals surface area contributed by atoms with E-state index >= 15 is 0 Å². The van der Waals surface area contributed by atoms with E-state index in [2.05, 4.69) is 17.2 Å². The first-order chi connectivity index (χ1) is 10.8. The van der Waals surface area contributed by atoms with Crippen molar-refractivity contribution < 1.29 is 14.3 Å². The van der Waals surface area contributed by atoms with Crippen LogP contribution >= 0.6 is 0 Å². The Morgan fingerprint density at radius 3 is 2.61 bits per heavy atom. The minimum atomic E-state index is -0.575. The predicted molar refractivity (Wildman–Crippen MR) is 91.6 cm³/mol. The number of ether oxygens (including phenoxy) is 1. The standard InChI is InChI=1S/C18H28N2O3/c1-5-6-7-8-11-15(21)13-14-10-9-12-19-16(14)20-17(22)23-18(2,3)4/h9-10,12H,5-8,11,13H2,1-4H3,(H,19,20,22). The van der Waals surface area contributed by atoms with Crippen LogP contribution in [0.5, 0.6) is 0 Å². The van der Waals surface area contributed by atoms with Gasteiger partial charge in [-0.15, -0.1) is 0 Å². The van der Waals surface area contributed by atoms with Crippen LogP contribution in [-0.2, 0) is 16.0 Å². The van der Waals surface area contributed by atoms with Crippen LogP contribution in [0.15, 0.2) is 18.3 Å². The number of anilines is 1. The second-order valence-electron chi connectivity index (χ2n) is 6.66. The molecule has 5 nitrogen and oxygen atoms in total. The van der Waals surface area contributed by atoms with E-state index in [1.807, 2.05) is 6.07 Å². The van der Waals surface area contributed by atoms with Crippen LogP contribution in [0.2, 0.25) is 0 Å². The number of pyridine rings is 1. The summed E-state index contributed by atoms with van der Waals surface area (Å²) in [6, 6.07) is 3.57. The van der Waals surface area contributed by atoms with Crippen LogP contribution in [0.1, 0.15) is 65.4 Å². The minimum absolute atomic E-state index is 0.168. The summed E-state index contributed by atoms with van der Waals surface area (Å²) in [5, 5.41) is 2.62. The van der Waals surface area contributed by atoms with Crippen LogP contribution in [0, 0.1) is 0 Å². The van der Waals surface area contributed by atoms with Crippen molar-refractivity contribution in [3.05, 3.63) is 23.9 Å². The Morgan fingerprint density at radius 1 is 1.22 bits per heavy atom. The van der Waals surface area contributed by atoms with Gasteiger partial charge in [0.05, 0.1) is 0 Å². The normalized spacial score (nSPS) is 11.1. The minimum Gasteiger partial charge on any atom is -0.444 e. The van der Waals surface area contributed by atoms with Crippen LogP contribution in [0.3, 0.4) is 0 Å². The van der Waals surface area contributed by atoms with Crippen LogP contribution in [0.4, 0.5) is 10.6 Å². The van der Waals surface area contributed by atoms with E-state index in [-0.39, 0.29) is 12.2 Å². The first-order valence-electron chi connectivity index (χ1n) is 8.27. The van der Waals surface area contributed by atoms with Crippen molar-refractivity contribution >= 4 is 17.7 Å². The molecule has 0 aliphatic heterocycles. The topological polar surface area (TPSA) is 68.3 Å². The second-order valence-corrected chi connectivity index (χ2v) is 6.66. The van der Waals surface area contributed by atoms with E-state index in [0.29, 0.717) is 12.2 Å². The molecule has 1 amide bonds. The number of unbranched alkanes of at least 4 members (excludes halogenated alkanes) is 3. The number of nitrogens with zero attached hydrogens (tertiary/aromatic N) is 1. The zero-order valence-electron chi connectivity index (χ0n) is 14.6. The highest BCUT2D eigenvalue weighted by molar-refractivity contribution is 5.87. The molecule has 0 saturated heterocycles. The van der Waals surface area contributed by atoms with Crippen molar-refractivity contribution in [3.63, 3.8) is 0 Å². The largest absolute Gasteiger partial charge is 0.444 e. The maximum atomic E-state index is 12.1. The highest BCUT2D eigenvalue weighted by Gasteiger charge is 2.18. The Hall–Kier alpha value is -1.91. The molecule has 0 aromatic carbocycles. The van der Waals surface area contributed by atoms with Gasteiger partial charge in [0.1, 0.15) is 17.2 Å². The molecular formula is C18H28N2O3. The van der Waals surface area contributed by atoms with E-state index in [1.54, 1.807) is 33.0 Å². The quantitative estimate of drug-likeness (QED) is 0.715. The number of ketones is 1. The number of hydrogen-bond acceptors (Lipinski definition) is 4. The van der Waals surface area contributed by atoms with E-state index in [4.69, 9.17) is 4.74 Å². The van der Waals surface area contributed by atoms with Gasteiger partial charge in [0.25, 0.3) is 0 Å². The van der Waals surface area contributed by atoms with Gasteiger partial charge in [-0.25, -0.2) is 9.78 Å². The van der Waals surface area contributed by atoms with Crippen molar-refractivity contribution in [2.45, 2.75) is 71.8 Å². The smallest absolute Gasteiger partial charge is 0.413 e. The fourth-order valence-corrected chi connectivity index (χ4v) is 2.14. The van der Waals surface area contributed by atoms with Crippen LogP contribution in [0.25, 0.3) is 0 Å². The molecule has 23 heavy (non-hydrogen) atoms. The summed E-state index contributed by atoms with van der Waals surface area (Å²) in [6.07, 6.45) is 6.19. The summed E-state index contributed by atoms with van der Waals surface area (Å²) in [7, 11) is 0. The van der Waals surface area contributed by atoms with Crippen molar-refractivity contribution in [2.24, 2.45) is 0 Å². The molecule has 5 heteroatoms. The Bertz CT molecular complexity index is 521. The maximum Gasteiger partial charge on any atom is 0.413 e. The molecule has 1 aromatic heterocycles. The van der Waals surface area contributed by atoms with E-state index in [0.717, 1.165) is 31.2 Å².